The molecule has 0 aliphatic carbocycles. The summed E-state index contributed by atoms with van der Waals surface area (Å²) in [7, 11) is 1.66. The van der Waals surface area contributed by atoms with E-state index >= 15 is 0 Å². The Bertz CT molecular complexity index is 1550. The Hall–Kier alpha value is -3.88. The minimum atomic E-state index is -4.47. The molecule has 11 heteroatoms. The molecule has 0 unspecified atom stereocenters. The molecule has 39 heavy (non-hydrogen) atoms. The first-order valence-corrected chi connectivity index (χ1v) is 13.6. The number of fused-ring (bicyclic) bond motifs is 1. The molecular formula is C28H22F3N5OS2. The molecule has 1 fully saturated rings. The van der Waals surface area contributed by atoms with E-state index in [0.717, 1.165) is 23.4 Å². The summed E-state index contributed by atoms with van der Waals surface area (Å²) in [5.41, 5.74) is 2.21. The molecule has 198 valence electrons. The predicted molar refractivity (Wildman–Crippen MR) is 150 cm³/mol. The van der Waals surface area contributed by atoms with Crippen LogP contribution >= 0.6 is 23.5 Å². The van der Waals surface area contributed by atoms with Gasteiger partial charge in [-0.3, -0.25) is 9.69 Å². The monoisotopic (exact) mass is 565 g/mol. The average Bonchev–Trinajstić information content (AvgIpc) is 3.41. The largest absolute Gasteiger partial charge is 0.416 e. The number of halogens is 3. The summed E-state index contributed by atoms with van der Waals surface area (Å²) in [5.74, 6) is -0.290. The number of rotatable bonds is 5. The van der Waals surface area contributed by atoms with Gasteiger partial charge in [-0.1, -0.05) is 42.1 Å². The number of alkyl halides is 3. The van der Waals surface area contributed by atoms with Gasteiger partial charge in [0.2, 0.25) is 0 Å². The number of hydrogen-bond acceptors (Lipinski definition) is 7. The molecule has 5 rings (SSSR count). The quantitative estimate of drug-likeness (QED) is 0.331. The van der Waals surface area contributed by atoms with Crippen LogP contribution in [0, 0.1) is 11.3 Å². The van der Waals surface area contributed by atoms with E-state index in [9.17, 15) is 23.2 Å². The molecule has 2 aliphatic heterocycles. The maximum atomic E-state index is 13.8. The highest BCUT2D eigenvalue weighted by Crippen LogP contribution is 2.51. The van der Waals surface area contributed by atoms with Crippen molar-refractivity contribution >= 4 is 51.7 Å². The van der Waals surface area contributed by atoms with Gasteiger partial charge in [0.05, 0.1) is 45.8 Å². The molecule has 1 saturated heterocycles. The summed E-state index contributed by atoms with van der Waals surface area (Å²) in [6.45, 7) is 2.84. The van der Waals surface area contributed by atoms with Crippen LogP contribution in [-0.4, -0.2) is 29.6 Å². The van der Waals surface area contributed by atoms with Crippen LogP contribution in [0.3, 0.4) is 0 Å². The topological polar surface area (TPSA) is 71.7 Å². The van der Waals surface area contributed by atoms with Gasteiger partial charge in [-0.25, -0.2) is 4.99 Å². The fourth-order valence-electron chi connectivity index (χ4n) is 4.18. The highest BCUT2D eigenvalue weighted by Gasteiger charge is 2.40. The second kappa shape index (κ2) is 10.7. The molecule has 1 N–H and O–H groups in total. The Morgan fingerprint density at radius 2 is 1.82 bits per heavy atom. The molecule has 1 amide bonds. The van der Waals surface area contributed by atoms with Crippen molar-refractivity contribution in [1.29, 1.82) is 5.26 Å². The Morgan fingerprint density at radius 1 is 1.05 bits per heavy atom. The van der Waals surface area contributed by atoms with E-state index in [1.807, 2.05) is 37.3 Å². The van der Waals surface area contributed by atoms with E-state index in [-0.39, 0.29) is 12.5 Å². The molecule has 6 nitrogen and oxygen atoms in total. The van der Waals surface area contributed by atoms with Crippen molar-refractivity contribution in [1.82, 2.24) is 4.90 Å². The fraction of sp³-hybridized carbons (Fsp3) is 0.179. The number of anilines is 2. The number of hydrogen-bond donors (Lipinski definition) is 1. The Labute approximate surface area is 232 Å². The summed E-state index contributed by atoms with van der Waals surface area (Å²) in [6.07, 6.45) is -4.47. The minimum absolute atomic E-state index is 0.260. The SMILES string of the molecule is CCNc1ccc(C#N)cc1N=C1S/C(=C2/Sc3ccc(C(F)(F)F)cc3N2C)C(=O)N1Cc1ccccc1. The molecule has 0 atom stereocenters. The fourth-order valence-corrected chi connectivity index (χ4v) is 6.50. The van der Waals surface area contributed by atoms with Crippen LogP contribution in [0.1, 0.15) is 23.6 Å². The normalized spacial score (nSPS) is 18.1. The first kappa shape index (κ1) is 26.7. The molecule has 0 aromatic heterocycles. The number of amides is 1. The number of carbonyl (C=O) groups is 1. The van der Waals surface area contributed by atoms with Gasteiger partial charge >= 0.3 is 6.18 Å². The number of nitrogens with zero attached hydrogens (tertiary/aromatic N) is 4. The summed E-state index contributed by atoms with van der Waals surface area (Å²) in [6, 6.07) is 20.3. The average molecular weight is 566 g/mol. The number of carbonyl (C=O) groups excluding carboxylic acids is 1. The molecule has 3 aromatic carbocycles. The van der Waals surface area contributed by atoms with Crippen molar-refractivity contribution in [3.8, 4) is 6.07 Å². The summed E-state index contributed by atoms with van der Waals surface area (Å²) in [5, 5.41) is 13.6. The van der Waals surface area contributed by atoms with Crippen molar-refractivity contribution in [2.75, 3.05) is 23.8 Å². The van der Waals surface area contributed by atoms with Gasteiger partial charge in [-0.15, -0.1) is 0 Å². The molecule has 0 saturated carbocycles. The summed E-state index contributed by atoms with van der Waals surface area (Å²) >= 11 is 2.43. The van der Waals surface area contributed by atoms with Crippen LogP contribution in [0.25, 0.3) is 0 Å². The number of aliphatic imine (C=N–C) groups is 1. The third-order valence-corrected chi connectivity index (χ3v) is 8.54. The highest BCUT2D eigenvalue weighted by molar-refractivity contribution is 8.19. The maximum Gasteiger partial charge on any atom is 0.416 e. The first-order chi connectivity index (χ1) is 18.7. The number of nitriles is 1. The van der Waals surface area contributed by atoms with Crippen LogP contribution in [0.2, 0.25) is 0 Å². The lowest BCUT2D eigenvalue weighted by molar-refractivity contribution is -0.137. The van der Waals surface area contributed by atoms with E-state index in [4.69, 9.17) is 4.99 Å². The Kier molecular flexibility index (Phi) is 7.34. The van der Waals surface area contributed by atoms with Crippen molar-refractivity contribution in [2.45, 2.75) is 24.5 Å². The lowest BCUT2D eigenvalue weighted by Crippen LogP contribution is -2.29. The zero-order chi connectivity index (χ0) is 27.7. The standard InChI is InChI=1S/C28H22F3N5OS2/c1-3-33-20-11-9-18(15-32)13-21(20)34-27-36(16-17-7-5-4-6-8-17)25(37)24(39-27)26-35(2)22-14-19(28(29,30)31)10-12-23(22)38-26/h4-14,33H,3,16H2,1-2H3/b26-24+,34-27?. The van der Waals surface area contributed by atoms with Crippen LogP contribution in [0.15, 0.2) is 86.6 Å². The number of amidine groups is 1. The van der Waals surface area contributed by atoms with E-state index in [2.05, 4.69) is 11.4 Å². The maximum absolute atomic E-state index is 13.8. The van der Waals surface area contributed by atoms with Gasteiger partial charge in [-0.2, -0.15) is 18.4 Å². The smallest absolute Gasteiger partial charge is 0.384 e. The van der Waals surface area contributed by atoms with Crippen molar-refractivity contribution in [3.63, 3.8) is 0 Å². The van der Waals surface area contributed by atoms with Gasteiger partial charge in [-0.05, 0) is 60.6 Å². The van der Waals surface area contributed by atoms with Crippen LogP contribution in [0.4, 0.5) is 30.2 Å². The van der Waals surface area contributed by atoms with Gasteiger partial charge < -0.3 is 10.2 Å². The van der Waals surface area contributed by atoms with Crippen molar-refractivity contribution in [2.24, 2.45) is 4.99 Å². The van der Waals surface area contributed by atoms with Gasteiger partial charge in [0.1, 0.15) is 4.91 Å². The zero-order valence-electron chi connectivity index (χ0n) is 20.9. The van der Waals surface area contributed by atoms with E-state index < -0.39 is 11.7 Å². The van der Waals surface area contributed by atoms with Crippen LogP contribution in [-0.2, 0) is 17.5 Å². The van der Waals surface area contributed by atoms with E-state index in [1.165, 1.54) is 29.6 Å². The molecule has 3 aromatic rings. The van der Waals surface area contributed by atoms with Crippen molar-refractivity contribution < 1.29 is 18.0 Å². The lowest BCUT2D eigenvalue weighted by Gasteiger charge is -2.17. The molecule has 0 spiro atoms. The predicted octanol–water partition coefficient (Wildman–Crippen LogP) is 7.18. The highest BCUT2D eigenvalue weighted by atomic mass is 32.2. The number of thioether (sulfide) groups is 2. The third-order valence-electron chi connectivity index (χ3n) is 6.11. The summed E-state index contributed by atoms with van der Waals surface area (Å²) < 4.78 is 40.1. The molecule has 2 aliphatic rings. The van der Waals surface area contributed by atoms with Gasteiger partial charge in [0.25, 0.3) is 5.91 Å². The molecule has 0 radical (unpaired) electrons. The Morgan fingerprint density at radius 3 is 2.51 bits per heavy atom. The van der Waals surface area contributed by atoms with E-state index in [1.54, 1.807) is 35.0 Å². The third kappa shape index (κ3) is 5.35. The van der Waals surface area contributed by atoms with Gasteiger partial charge in [0, 0.05) is 18.5 Å². The Balaban J connectivity index is 1.58. The second-order valence-corrected chi connectivity index (χ2v) is 10.7. The van der Waals surface area contributed by atoms with E-state index in [0.29, 0.717) is 43.5 Å². The summed E-state index contributed by atoms with van der Waals surface area (Å²) in [4.78, 5) is 22.9. The molecular weight excluding hydrogens is 543 g/mol. The first-order valence-electron chi connectivity index (χ1n) is 12.0. The molecule has 2 heterocycles. The number of benzene rings is 3. The molecule has 0 bridgehead atoms. The van der Waals surface area contributed by atoms with Gasteiger partial charge in [0.15, 0.2) is 5.17 Å². The van der Waals surface area contributed by atoms with Crippen LogP contribution in [0.5, 0.6) is 0 Å². The second-order valence-electron chi connectivity index (χ2n) is 8.72. The minimum Gasteiger partial charge on any atom is -0.384 e. The van der Waals surface area contributed by atoms with Crippen LogP contribution < -0.4 is 10.2 Å². The number of nitrogens with one attached hydrogen (secondary N) is 1. The van der Waals surface area contributed by atoms with Crippen molar-refractivity contribution in [3.05, 3.63) is 93.4 Å². The zero-order valence-corrected chi connectivity index (χ0v) is 22.5. The lowest BCUT2D eigenvalue weighted by atomic mass is 10.2.